The van der Waals surface area contributed by atoms with Crippen LogP contribution in [0.1, 0.15) is 0 Å². The number of terminal acetylenes is 1. The van der Waals surface area contributed by atoms with E-state index in [-0.39, 0.29) is 5.75 Å². The number of hydrogen-bond acceptors (Lipinski definition) is 2. The highest BCUT2D eigenvalue weighted by Gasteiger charge is 1.96. The Kier molecular flexibility index (Phi) is 2.60. The summed E-state index contributed by atoms with van der Waals surface area (Å²) in [6.07, 6.45) is 5.16. The molecule has 0 fully saturated rings. The molecule has 1 N–H and O–H groups in total. The molecule has 2 heteroatoms. The van der Waals surface area contributed by atoms with Gasteiger partial charge in [0.1, 0.15) is 5.75 Å². The lowest BCUT2D eigenvalue weighted by molar-refractivity contribution is 0.475. The first kappa shape index (κ1) is 8.48. The molecular weight excluding hydrogens is 150 g/mol. The first-order chi connectivity index (χ1) is 5.74. The SMILES string of the molecule is C#CCN(C)c1ccc(O)cc1. The Hall–Kier alpha value is -1.62. The Morgan fingerprint density at radius 2 is 2.00 bits per heavy atom. The Morgan fingerprint density at radius 3 is 2.50 bits per heavy atom. The van der Waals surface area contributed by atoms with Gasteiger partial charge in [0.25, 0.3) is 0 Å². The molecule has 0 aliphatic rings. The Bertz CT molecular complexity index is 284. The van der Waals surface area contributed by atoms with Gasteiger partial charge in [-0.3, -0.25) is 0 Å². The molecule has 0 saturated heterocycles. The Labute approximate surface area is 72.4 Å². The summed E-state index contributed by atoms with van der Waals surface area (Å²) in [6.45, 7) is 0.574. The van der Waals surface area contributed by atoms with Crippen molar-refractivity contribution in [2.75, 3.05) is 18.5 Å². The quantitative estimate of drug-likeness (QED) is 0.664. The number of nitrogens with zero attached hydrogens (tertiary/aromatic N) is 1. The van der Waals surface area contributed by atoms with Crippen molar-refractivity contribution in [3.63, 3.8) is 0 Å². The van der Waals surface area contributed by atoms with Crippen LogP contribution in [0.4, 0.5) is 5.69 Å². The van der Waals surface area contributed by atoms with Crippen molar-refractivity contribution in [2.45, 2.75) is 0 Å². The Balaban J connectivity index is 2.76. The summed E-state index contributed by atoms with van der Waals surface area (Å²) < 4.78 is 0. The number of rotatable bonds is 2. The fraction of sp³-hybridized carbons (Fsp3) is 0.200. The predicted octanol–water partition coefficient (Wildman–Crippen LogP) is 1.46. The lowest BCUT2D eigenvalue weighted by Crippen LogP contribution is -2.16. The molecule has 0 saturated carbocycles. The smallest absolute Gasteiger partial charge is 0.115 e. The van der Waals surface area contributed by atoms with Gasteiger partial charge in [0.15, 0.2) is 0 Å². The number of benzene rings is 1. The van der Waals surface area contributed by atoms with E-state index in [9.17, 15) is 0 Å². The average molecular weight is 161 g/mol. The number of anilines is 1. The zero-order valence-electron chi connectivity index (χ0n) is 6.99. The van der Waals surface area contributed by atoms with E-state index in [1.165, 1.54) is 0 Å². The molecule has 0 heterocycles. The highest BCUT2D eigenvalue weighted by molar-refractivity contribution is 5.48. The maximum atomic E-state index is 9.01. The van der Waals surface area contributed by atoms with Crippen LogP contribution in [0.15, 0.2) is 24.3 Å². The number of hydrogen-bond donors (Lipinski definition) is 1. The molecule has 0 radical (unpaired) electrons. The minimum absolute atomic E-state index is 0.271. The second kappa shape index (κ2) is 3.68. The summed E-state index contributed by atoms with van der Waals surface area (Å²) in [5.74, 6) is 2.82. The van der Waals surface area contributed by atoms with Crippen LogP contribution < -0.4 is 4.90 Å². The van der Waals surface area contributed by atoms with Gasteiger partial charge in [-0.1, -0.05) is 5.92 Å². The zero-order valence-corrected chi connectivity index (χ0v) is 6.99. The summed E-state index contributed by atoms with van der Waals surface area (Å²) >= 11 is 0. The van der Waals surface area contributed by atoms with Crippen LogP contribution in [-0.2, 0) is 0 Å². The van der Waals surface area contributed by atoms with Gasteiger partial charge in [-0.2, -0.15) is 0 Å². The lowest BCUT2D eigenvalue weighted by atomic mass is 10.3. The van der Waals surface area contributed by atoms with Gasteiger partial charge < -0.3 is 10.0 Å². The van der Waals surface area contributed by atoms with Gasteiger partial charge in [0, 0.05) is 12.7 Å². The highest BCUT2D eigenvalue weighted by Crippen LogP contribution is 2.16. The van der Waals surface area contributed by atoms with Crippen LogP contribution in [0.2, 0.25) is 0 Å². The van der Waals surface area contributed by atoms with Crippen molar-refractivity contribution in [2.24, 2.45) is 0 Å². The fourth-order valence-corrected chi connectivity index (χ4v) is 0.935. The summed E-state index contributed by atoms with van der Waals surface area (Å²) in [5, 5.41) is 9.01. The third-order valence-corrected chi connectivity index (χ3v) is 1.62. The van der Waals surface area contributed by atoms with E-state index in [0.29, 0.717) is 6.54 Å². The van der Waals surface area contributed by atoms with Crippen LogP contribution >= 0.6 is 0 Å². The van der Waals surface area contributed by atoms with Gasteiger partial charge >= 0.3 is 0 Å². The molecule has 0 aliphatic carbocycles. The summed E-state index contributed by atoms with van der Waals surface area (Å²) in [7, 11) is 1.91. The maximum Gasteiger partial charge on any atom is 0.115 e. The normalized spacial score (nSPS) is 9.00. The third-order valence-electron chi connectivity index (χ3n) is 1.62. The van der Waals surface area contributed by atoms with Crippen LogP contribution in [0.3, 0.4) is 0 Å². The van der Waals surface area contributed by atoms with Crippen LogP contribution in [0.5, 0.6) is 5.75 Å². The second-order valence-corrected chi connectivity index (χ2v) is 2.58. The van der Waals surface area contributed by atoms with E-state index >= 15 is 0 Å². The molecule has 0 atom stereocenters. The van der Waals surface area contributed by atoms with Crippen LogP contribution in [0, 0.1) is 12.3 Å². The second-order valence-electron chi connectivity index (χ2n) is 2.58. The molecular formula is C10H11NO. The Morgan fingerprint density at radius 1 is 1.42 bits per heavy atom. The zero-order chi connectivity index (χ0) is 8.97. The van der Waals surface area contributed by atoms with Crippen LogP contribution in [-0.4, -0.2) is 18.7 Å². The molecule has 12 heavy (non-hydrogen) atoms. The monoisotopic (exact) mass is 161 g/mol. The molecule has 0 aliphatic heterocycles. The van der Waals surface area contributed by atoms with Crippen LogP contribution in [0.25, 0.3) is 0 Å². The van der Waals surface area contributed by atoms with Gasteiger partial charge in [-0.05, 0) is 24.3 Å². The molecule has 1 rings (SSSR count). The minimum atomic E-state index is 0.271. The molecule has 1 aromatic rings. The summed E-state index contributed by atoms with van der Waals surface area (Å²) in [5.41, 5.74) is 1.01. The first-order valence-electron chi connectivity index (χ1n) is 3.67. The topological polar surface area (TPSA) is 23.5 Å². The van der Waals surface area contributed by atoms with Crippen molar-refractivity contribution in [3.05, 3.63) is 24.3 Å². The molecule has 1 aromatic carbocycles. The lowest BCUT2D eigenvalue weighted by Gasteiger charge is -2.15. The summed E-state index contributed by atoms with van der Waals surface area (Å²) in [4.78, 5) is 1.93. The van der Waals surface area contributed by atoms with E-state index in [2.05, 4.69) is 5.92 Å². The fourth-order valence-electron chi connectivity index (χ4n) is 0.935. The van der Waals surface area contributed by atoms with Crippen molar-refractivity contribution in [1.29, 1.82) is 0 Å². The van der Waals surface area contributed by atoms with Gasteiger partial charge in [0.05, 0.1) is 6.54 Å². The van der Waals surface area contributed by atoms with Gasteiger partial charge in [-0.25, -0.2) is 0 Å². The number of phenolic OH excluding ortho intramolecular Hbond substituents is 1. The number of phenols is 1. The molecule has 0 bridgehead atoms. The van der Waals surface area contributed by atoms with E-state index in [1.54, 1.807) is 12.1 Å². The molecule has 0 aromatic heterocycles. The van der Waals surface area contributed by atoms with Crippen molar-refractivity contribution in [3.8, 4) is 18.1 Å². The van der Waals surface area contributed by atoms with Crippen molar-refractivity contribution >= 4 is 5.69 Å². The van der Waals surface area contributed by atoms with Gasteiger partial charge in [-0.15, -0.1) is 6.42 Å². The molecule has 0 amide bonds. The van der Waals surface area contributed by atoms with E-state index in [4.69, 9.17) is 11.5 Å². The standard InChI is InChI=1S/C10H11NO/c1-3-8-11(2)9-4-6-10(12)7-5-9/h1,4-7,12H,8H2,2H3. The molecule has 2 nitrogen and oxygen atoms in total. The van der Waals surface area contributed by atoms with Gasteiger partial charge in [0.2, 0.25) is 0 Å². The van der Waals surface area contributed by atoms with Crippen molar-refractivity contribution in [1.82, 2.24) is 0 Å². The van der Waals surface area contributed by atoms with E-state index in [1.807, 2.05) is 24.1 Å². The largest absolute Gasteiger partial charge is 0.508 e. The molecule has 0 unspecified atom stereocenters. The average Bonchev–Trinajstić information content (AvgIpc) is 2.06. The molecule has 0 spiro atoms. The van der Waals surface area contributed by atoms with E-state index in [0.717, 1.165) is 5.69 Å². The first-order valence-corrected chi connectivity index (χ1v) is 3.67. The summed E-state index contributed by atoms with van der Waals surface area (Å²) in [6, 6.07) is 6.93. The predicted molar refractivity (Wildman–Crippen MR) is 50.2 cm³/mol. The molecule has 62 valence electrons. The maximum absolute atomic E-state index is 9.01. The highest BCUT2D eigenvalue weighted by atomic mass is 16.3. The van der Waals surface area contributed by atoms with Crippen molar-refractivity contribution < 1.29 is 5.11 Å². The number of aromatic hydroxyl groups is 1. The third kappa shape index (κ3) is 1.93. The van der Waals surface area contributed by atoms with E-state index < -0.39 is 0 Å². The minimum Gasteiger partial charge on any atom is -0.508 e.